The van der Waals surface area contributed by atoms with Gasteiger partial charge in [-0.1, -0.05) is 241 Å². The molecule has 0 aliphatic carbocycles. The third kappa shape index (κ3) is 26.6. The number of benzene rings is 2. The summed E-state index contributed by atoms with van der Waals surface area (Å²) in [6.07, 6.45) is 35.0. The summed E-state index contributed by atoms with van der Waals surface area (Å²) in [5.74, 6) is 0.373. The lowest BCUT2D eigenvalue weighted by molar-refractivity contribution is -0.151. The summed E-state index contributed by atoms with van der Waals surface area (Å²) in [6, 6.07) is 18.8. The number of unbranched alkanes of at least 4 members (excludes halogenated alkanes) is 25. The zero-order valence-electron chi connectivity index (χ0n) is 36.0. The van der Waals surface area contributed by atoms with Gasteiger partial charge in [0.25, 0.3) is 0 Å². The summed E-state index contributed by atoms with van der Waals surface area (Å²) in [5.41, 5.74) is 1.78. The monoisotopic (exact) mass is 794 g/mol. The predicted molar refractivity (Wildman–Crippen MR) is 241 cm³/mol. The van der Waals surface area contributed by atoms with Crippen LogP contribution in [0.3, 0.4) is 0 Å². The van der Waals surface area contributed by atoms with Gasteiger partial charge >= 0.3 is 5.97 Å². The Hall–Kier alpha value is -2.31. The molecule has 5 nitrogen and oxygen atoms in total. The minimum Gasteiger partial charge on any atom is -0.451 e. The van der Waals surface area contributed by atoms with Gasteiger partial charge in [0.15, 0.2) is 6.10 Å². The summed E-state index contributed by atoms with van der Waals surface area (Å²) in [4.78, 5) is 27.0. The molecule has 2 rings (SSSR count). The fraction of sp³-hybridized carbons (Fsp3) is 0.720. The van der Waals surface area contributed by atoms with Crippen molar-refractivity contribution in [1.29, 1.82) is 0 Å². The molecule has 0 spiro atoms. The molecule has 2 aromatic rings. The largest absolute Gasteiger partial charge is 0.451 e. The second kappa shape index (κ2) is 35.8. The molecule has 0 radical (unpaired) electrons. The van der Waals surface area contributed by atoms with Crippen LogP contribution < -0.4 is 5.32 Å². The first-order chi connectivity index (χ1) is 27.5. The van der Waals surface area contributed by atoms with E-state index >= 15 is 0 Å². The molecule has 0 saturated heterocycles. The summed E-state index contributed by atoms with van der Waals surface area (Å²) in [5, 5.41) is 13.8. The molecule has 56 heavy (non-hydrogen) atoms. The lowest BCUT2D eigenvalue weighted by atomic mass is 10.0. The number of hydrogen-bond donors (Lipinski definition) is 2. The van der Waals surface area contributed by atoms with Crippen molar-refractivity contribution in [2.45, 2.75) is 218 Å². The molecule has 0 aliphatic heterocycles. The van der Waals surface area contributed by atoms with Gasteiger partial charge in [0, 0.05) is 17.9 Å². The van der Waals surface area contributed by atoms with E-state index in [0.29, 0.717) is 17.9 Å². The van der Waals surface area contributed by atoms with Gasteiger partial charge in [-0.2, -0.15) is 11.8 Å². The van der Waals surface area contributed by atoms with Crippen molar-refractivity contribution in [2.75, 3.05) is 11.5 Å². The predicted octanol–water partition coefficient (Wildman–Crippen LogP) is 14.3. The van der Waals surface area contributed by atoms with Gasteiger partial charge in [-0.15, -0.1) is 0 Å². The SMILES string of the molecule is CCCCCCCCCCCCCCCC[C@H](O)CSC[C@H](NC(=O)CCCCCCCCCCCCCCC)C(=O)OC(c1ccccc1)c1ccccc1. The molecule has 0 heterocycles. The second-order valence-corrected chi connectivity index (χ2v) is 17.4. The quantitative estimate of drug-likeness (QED) is 0.0523. The minimum absolute atomic E-state index is 0.102. The maximum Gasteiger partial charge on any atom is 0.330 e. The van der Waals surface area contributed by atoms with Gasteiger partial charge in [0.2, 0.25) is 5.91 Å². The minimum atomic E-state index is -0.780. The van der Waals surface area contributed by atoms with E-state index in [1.54, 1.807) is 0 Å². The molecule has 2 atom stereocenters. The maximum atomic E-state index is 13.8. The Balaban J connectivity index is 1.74. The Labute approximate surface area is 348 Å². The van der Waals surface area contributed by atoms with Gasteiger partial charge in [0.05, 0.1) is 6.10 Å². The number of hydrogen-bond acceptors (Lipinski definition) is 5. The van der Waals surface area contributed by atoms with Crippen LogP contribution in [0.4, 0.5) is 0 Å². The van der Waals surface area contributed by atoms with Gasteiger partial charge in [-0.3, -0.25) is 4.79 Å². The Kier molecular flexibility index (Phi) is 31.9. The fourth-order valence-corrected chi connectivity index (χ4v) is 8.53. The van der Waals surface area contributed by atoms with Crippen LogP contribution >= 0.6 is 11.8 Å². The Bertz CT molecular complexity index is 1140. The third-order valence-corrected chi connectivity index (χ3v) is 12.2. The van der Waals surface area contributed by atoms with Crippen molar-refractivity contribution < 1.29 is 19.4 Å². The summed E-state index contributed by atoms with van der Waals surface area (Å²) in [6.45, 7) is 4.54. The van der Waals surface area contributed by atoms with Crippen molar-refractivity contribution in [2.24, 2.45) is 0 Å². The van der Waals surface area contributed by atoms with Crippen LogP contribution in [0, 0.1) is 0 Å². The highest BCUT2D eigenvalue weighted by Crippen LogP contribution is 2.27. The van der Waals surface area contributed by atoms with Crippen molar-refractivity contribution in [1.82, 2.24) is 5.32 Å². The first-order valence-electron chi connectivity index (χ1n) is 23.4. The normalized spacial score (nSPS) is 12.5. The van der Waals surface area contributed by atoms with E-state index in [-0.39, 0.29) is 5.91 Å². The summed E-state index contributed by atoms with van der Waals surface area (Å²) < 4.78 is 6.19. The van der Waals surface area contributed by atoms with E-state index in [0.717, 1.165) is 49.7 Å². The third-order valence-electron chi connectivity index (χ3n) is 11.1. The number of nitrogens with one attached hydrogen (secondary N) is 1. The molecule has 0 unspecified atom stereocenters. The average Bonchev–Trinajstić information content (AvgIpc) is 3.22. The fourth-order valence-electron chi connectivity index (χ4n) is 7.50. The number of esters is 1. The lowest BCUT2D eigenvalue weighted by Crippen LogP contribution is -2.44. The first-order valence-corrected chi connectivity index (χ1v) is 24.6. The van der Waals surface area contributed by atoms with E-state index in [9.17, 15) is 14.7 Å². The molecule has 0 aliphatic rings. The van der Waals surface area contributed by atoms with Crippen molar-refractivity contribution in [3.63, 3.8) is 0 Å². The number of aliphatic hydroxyl groups is 1. The number of carbonyl (C=O) groups excluding carboxylic acids is 2. The van der Waals surface area contributed by atoms with Crippen LogP contribution in [0.1, 0.15) is 217 Å². The number of ether oxygens (including phenoxy) is 1. The number of aliphatic hydroxyl groups excluding tert-OH is 1. The molecule has 2 N–H and O–H groups in total. The number of rotatable bonds is 38. The number of carbonyl (C=O) groups is 2. The van der Waals surface area contributed by atoms with Crippen LogP contribution in [0.2, 0.25) is 0 Å². The number of thioether (sulfide) groups is 1. The zero-order valence-corrected chi connectivity index (χ0v) is 36.8. The van der Waals surface area contributed by atoms with Gasteiger partial charge in [-0.25, -0.2) is 4.79 Å². The van der Waals surface area contributed by atoms with Crippen molar-refractivity contribution in [3.8, 4) is 0 Å². The lowest BCUT2D eigenvalue weighted by Gasteiger charge is -2.23. The average molecular weight is 794 g/mol. The standard InChI is InChI=1S/C50H83NO4S/c1-3-5-7-9-11-13-15-17-19-20-22-24-26-34-40-46(52)42-56-43-47(50(54)55-49(44-36-30-28-31-37-44)45-38-32-29-33-39-45)51-48(53)41-35-27-25-23-21-18-16-14-12-10-8-6-4-2/h28-33,36-39,46-47,49,52H,3-27,34-35,40-43H2,1-2H3,(H,51,53)/t46-,47-/m0/s1. The van der Waals surface area contributed by atoms with Crippen LogP contribution in [0.5, 0.6) is 0 Å². The molecule has 6 heteroatoms. The summed E-state index contributed by atoms with van der Waals surface area (Å²) >= 11 is 1.53. The van der Waals surface area contributed by atoms with E-state index in [2.05, 4.69) is 19.2 Å². The van der Waals surface area contributed by atoms with Crippen LogP contribution in [-0.4, -0.2) is 40.6 Å². The molecular weight excluding hydrogens is 711 g/mol. The molecule has 0 fully saturated rings. The van der Waals surface area contributed by atoms with E-state index in [4.69, 9.17) is 4.74 Å². The van der Waals surface area contributed by atoms with E-state index in [1.165, 1.54) is 153 Å². The molecule has 0 bridgehead atoms. The Morgan fingerprint density at radius 2 is 0.911 bits per heavy atom. The Morgan fingerprint density at radius 3 is 1.32 bits per heavy atom. The van der Waals surface area contributed by atoms with E-state index < -0.39 is 24.2 Å². The van der Waals surface area contributed by atoms with Crippen LogP contribution in [-0.2, 0) is 14.3 Å². The van der Waals surface area contributed by atoms with Gasteiger partial charge in [-0.05, 0) is 24.0 Å². The highest BCUT2D eigenvalue weighted by atomic mass is 32.2. The zero-order chi connectivity index (χ0) is 40.2. The maximum absolute atomic E-state index is 13.8. The van der Waals surface area contributed by atoms with Gasteiger partial charge in [0.1, 0.15) is 6.04 Å². The molecule has 1 amide bonds. The summed E-state index contributed by atoms with van der Waals surface area (Å²) in [7, 11) is 0. The smallest absolute Gasteiger partial charge is 0.330 e. The molecular formula is C50H83NO4S. The van der Waals surface area contributed by atoms with Crippen molar-refractivity contribution >= 4 is 23.6 Å². The number of amides is 1. The van der Waals surface area contributed by atoms with Crippen LogP contribution in [0.25, 0.3) is 0 Å². The molecule has 0 saturated carbocycles. The first kappa shape index (κ1) is 49.8. The second-order valence-electron chi connectivity index (χ2n) is 16.3. The topological polar surface area (TPSA) is 75.6 Å². The van der Waals surface area contributed by atoms with Gasteiger partial charge < -0.3 is 15.2 Å². The molecule has 318 valence electrons. The van der Waals surface area contributed by atoms with E-state index in [1.807, 2.05) is 60.7 Å². The highest BCUT2D eigenvalue weighted by molar-refractivity contribution is 7.99. The van der Waals surface area contributed by atoms with Crippen molar-refractivity contribution in [3.05, 3.63) is 71.8 Å². The molecule has 2 aromatic carbocycles. The molecule has 0 aromatic heterocycles. The highest BCUT2D eigenvalue weighted by Gasteiger charge is 2.27. The Morgan fingerprint density at radius 1 is 0.536 bits per heavy atom. The van der Waals surface area contributed by atoms with Crippen LogP contribution in [0.15, 0.2) is 60.7 Å².